The molecular formula is C15H28N2. The van der Waals surface area contributed by atoms with E-state index < -0.39 is 0 Å². The largest absolute Gasteiger partial charge is 0.337 e. The summed E-state index contributed by atoms with van der Waals surface area (Å²) in [7, 11) is 0. The first-order valence-corrected chi connectivity index (χ1v) is 7.25. The van der Waals surface area contributed by atoms with Gasteiger partial charge in [0.2, 0.25) is 0 Å². The van der Waals surface area contributed by atoms with Gasteiger partial charge in [0.05, 0.1) is 12.0 Å². The van der Waals surface area contributed by atoms with E-state index in [1.54, 1.807) is 0 Å². The van der Waals surface area contributed by atoms with Crippen molar-refractivity contribution in [1.82, 2.24) is 9.55 Å². The van der Waals surface area contributed by atoms with Gasteiger partial charge in [-0.2, -0.15) is 0 Å². The highest BCUT2D eigenvalue weighted by Crippen LogP contribution is 2.12. The second kappa shape index (κ2) is 8.32. The first kappa shape index (κ1) is 14.3. The molecule has 0 atom stereocenters. The molecule has 0 spiro atoms. The van der Waals surface area contributed by atoms with E-state index in [4.69, 9.17) is 0 Å². The summed E-state index contributed by atoms with van der Waals surface area (Å²) in [6, 6.07) is 0. The molecule has 1 aromatic heterocycles. The number of aromatic nitrogens is 2. The molecule has 0 bridgehead atoms. The fourth-order valence-electron chi connectivity index (χ4n) is 2.05. The van der Waals surface area contributed by atoms with Crippen molar-refractivity contribution in [2.24, 2.45) is 0 Å². The number of rotatable bonds is 9. The fraction of sp³-hybridized carbons (Fsp3) is 0.800. The number of hydrogen-bond acceptors (Lipinski definition) is 1. The maximum absolute atomic E-state index is 4.42. The maximum Gasteiger partial charge on any atom is 0.0949 e. The summed E-state index contributed by atoms with van der Waals surface area (Å²) >= 11 is 0. The van der Waals surface area contributed by atoms with Crippen LogP contribution < -0.4 is 0 Å². The van der Waals surface area contributed by atoms with Gasteiger partial charge in [-0.15, -0.1) is 0 Å². The summed E-state index contributed by atoms with van der Waals surface area (Å²) in [5, 5.41) is 0. The van der Waals surface area contributed by atoms with Crippen molar-refractivity contribution in [3.05, 3.63) is 18.2 Å². The van der Waals surface area contributed by atoms with Gasteiger partial charge in [-0.1, -0.05) is 59.3 Å². The summed E-state index contributed by atoms with van der Waals surface area (Å²) in [6.45, 7) is 7.79. The molecule has 1 aromatic rings. The van der Waals surface area contributed by atoms with E-state index >= 15 is 0 Å². The predicted octanol–water partition coefficient (Wildman–Crippen LogP) is 4.76. The van der Waals surface area contributed by atoms with Crippen LogP contribution in [-0.2, 0) is 6.54 Å². The Morgan fingerprint density at radius 1 is 1.06 bits per heavy atom. The Bertz CT molecular complexity index is 289. The van der Waals surface area contributed by atoms with Crippen LogP contribution in [0.25, 0.3) is 0 Å². The third-order valence-electron chi connectivity index (χ3n) is 3.26. The maximum atomic E-state index is 4.42. The van der Waals surface area contributed by atoms with Crippen LogP contribution in [-0.4, -0.2) is 9.55 Å². The first-order valence-electron chi connectivity index (χ1n) is 7.25. The van der Waals surface area contributed by atoms with Crippen molar-refractivity contribution in [1.29, 1.82) is 0 Å². The normalized spacial score (nSPS) is 11.3. The fourth-order valence-corrected chi connectivity index (χ4v) is 2.05. The van der Waals surface area contributed by atoms with Crippen LogP contribution in [0.2, 0.25) is 0 Å². The van der Waals surface area contributed by atoms with Gasteiger partial charge < -0.3 is 4.57 Å². The zero-order valence-electron chi connectivity index (χ0n) is 11.8. The smallest absolute Gasteiger partial charge is 0.0949 e. The molecule has 0 radical (unpaired) electrons. The number of aryl methyl sites for hydroxylation is 1. The summed E-state index contributed by atoms with van der Waals surface area (Å²) in [5.74, 6) is 0.547. The summed E-state index contributed by atoms with van der Waals surface area (Å²) in [6.07, 6.45) is 13.8. The molecule has 0 aliphatic heterocycles. The van der Waals surface area contributed by atoms with Gasteiger partial charge in [-0.25, -0.2) is 4.98 Å². The second-order valence-electron chi connectivity index (χ2n) is 5.31. The van der Waals surface area contributed by atoms with E-state index in [9.17, 15) is 0 Å². The molecule has 2 nitrogen and oxygen atoms in total. The van der Waals surface area contributed by atoms with Crippen LogP contribution in [0.15, 0.2) is 12.5 Å². The lowest BCUT2D eigenvalue weighted by Crippen LogP contribution is -1.94. The number of hydrogen-bond donors (Lipinski definition) is 0. The molecule has 1 heterocycles. The Morgan fingerprint density at radius 3 is 2.29 bits per heavy atom. The zero-order valence-corrected chi connectivity index (χ0v) is 11.8. The average molecular weight is 236 g/mol. The summed E-state index contributed by atoms with van der Waals surface area (Å²) < 4.78 is 2.24. The molecule has 0 unspecified atom stereocenters. The SMILES string of the molecule is CCCCCCCCCn1cnc(C(C)C)c1. The highest BCUT2D eigenvalue weighted by molar-refractivity contribution is 5.01. The van der Waals surface area contributed by atoms with Crippen molar-refractivity contribution < 1.29 is 0 Å². The van der Waals surface area contributed by atoms with Crippen molar-refractivity contribution in [3.63, 3.8) is 0 Å². The lowest BCUT2D eigenvalue weighted by atomic mass is 10.1. The van der Waals surface area contributed by atoms with Gasteiger partial charge in [0.1, 0.15) is 0 Å². The van der Waals surface area contributed by atoms with E-state index in [1.165, 1.54) is 50.6 Å². The molecule has 0 N–H and O–H groups in total. The molecule has 0 aliphatic carbocycles. The van der Waals surface area contributed by atoms with Crippen molar-refractivity contribution in [3.8, 4) is 0 Å². The molecular weight excluding hydrogens is 208 g/mol. The lowest BCUT2D eigenvalue weighted by Gasteiger charge is -2.03. The average Bonchev–Trinajstić information content (AvgIpc) is 2.77. The summed E-state index contributed by atoms with van der Waals surface area (Å²) in [4.78, 5) is 4.42. The zero-order chi connectivity index (χ0) is 12.5. The molecule has 2 heteroatoms. The molecule has 17 heavy (non-hydrogen) atoms. The Labute approximate surface area is 106 Å². The highest BCUT2D eigenvalue weighted by atomic mass is 15.0. The van der Waals surface area contributed by atoms with Crippen LogP contribution >= 0.6 is 0 Å². The first-order chi connectivity index (χ1) is 8.24. The van der Waals surface area contributed by atoms with Crippen molar-refractivity contribution in [2.45, 2.75) is 78.2 Å². The number of imidazole rings is 1. The van der Waals surface area contributed by atoms with Gasteiger partial charge in [-0.3, -0.25) is 0 Å². The Hall–Kier alpha value is -0.790. The minimum Gasteiger partial charge on any atom is -0.337 e. The van der Waals surface area contributed by atoms with Gasteiger partial charge in [0, 0.05) is 12.7 Å². The minimum atomic E-state index is 0.547. The topological polar surface area (TPSA) is 17.8 Å². The number of nitrogens with zero attached hydrogens (tertiary/aromatic N) is 2. The quantitative estimate of drug-likeness (QED) is 0.565. The van der Waals surface area contributed by atoms with Crippen LogP contribution in [0.5, 0.6) is 0 Å². The van der Waals surface area contributed by atoms with Gasteiger partial charge in [0.15, 0.2) is 0 Å². The molecule has 98 valence electrons. The van der Waals surface area contributed by atoms with Gasteiger partial charge in [-0.05, 0) is 12.3 Å². The standard InChI is InChI=1S/C15H28N2/c1-4-5-6-7-8-9-10-11-17-12-15(14(2)3)16-13-17/h12-14H,4-11H2,1-3H3. The van der Waals surface area contributed by atoms with Gasteiger partial charge >= 0.3 is 0 Å². The molecule has 0 amide bonds. The monoisotopic (exact) mass is 236 g/mol. The van der Waals surface area contributed by atoms with E-state index in [1.807, 2.05) is 6.33 Å². The molecule has 1 rings (SSSR count). The molecule has 0 fully saturated rings. The van der Waals surface area contributed by atoms with E-state index in [-0.39, 0.29) is 0 Å². The summed E-state index contributed by atoms with van der Waals surface area (Å²) in [5.41, 5.74) is 1.22. The second-order valence-corrected chi connectivity index (χ2v) is 5.31. The van der Waals surface area contributed by atoms with Gasteiger partial charge in [0.25, 0.3) is 0 Å². The third kappa shape index (κ3) is 5.90. The Balaban J connectivity index is 2.05. The Morgan fingerprint density at radius 2 is 1.71 bits per heavy atom. The molecule has 0 aliphatic rings. The van der Waals surface area contributed by atoms with E-state index in [0.717, 1.165) is 6.54 Å². The molecule has 0 saturated heterocycles. The minimum absolute atomic E-state index is 0.547. The third-order valence-corrected chi connectivity index (χ3v) is 3.26. The predicted molar refractivity (Wildman–Crippen MR) is 74.3 cm³/mol. The molecule has 0 aromatic carbocycles. The lowest BCUT2D eigenvalue weighted by molar-refractivity contribution is 0.549. The molecule has 0 saturated carbocycles. The van der Waals surface area contributed by atoms with Crippen LogP contribution in [0, 0.1) is 0 Å². The van der Waals surface area contributed by atoms with E-state index in [0.29, 0.717) is 5.92 Å². The highest BCUT2D eigenvalue weighted by Gasteiger charge is 2.02. The van der Waals surface area contributed by atoms with E-state index in [2.05, 4.69) is 36.5 Å². The van der Waals surface area contributed by atoms with Crippen molar-refractivity contribution in [2.75, 3.05) is 0 Å². The Kier molecular flexibility index (Phi) is 6.99. The van der Waals surface area contributed by atoms with Crippen LogP contribution in [0.4, 0.5) is 0 Å². The van der Waals surface area contributed by atoms with Crippen LogP contribution in [0.1, 0.15) is 77.3 Å². The van der Waals surface area contributed by atoms with Crippen molar-refractivity contribution >= 4 is 0 Å². The number of unbranched alkanes of at least 4 members (excludes halogenated alkanes) is 6. The van der Waals surface area contributed by atoms with Crippen LogP contribution in [0.3, 0.4) is 0 Å².